The molecular formula is C17H22N2O2. The van der Waals surface area contributed by atoms with Gasteiger partial charge in [0, 0.05) is 6.54 Å². The first-order chi connectivity index (χ1) is 10.2. The minimum Gasteiger partial charge on any atom is -0.482 e. The van der Waals surface area contributed by atoms with Crippen LogP contribution in [0.3, 0.4) is 0 Å². The largest absolute Gasteiger partial charge is 0.482 e. The van der Waals surface area contributed by atoms with Gasteiger partial charge in [-0.25, -0.2) is 0 Å². The topological polar surface area (TPSA) is 62.1 Å². The van der Waals surface area contributed by atoms with Gasteiger partial charge in [-0.2, -0.15) is 5.26 Å². The molecule has 21 heavy (non-hydrogen) atoms. The lowest BCUT2D eigenvalue weighted by molar-refractivity contribution is -0.123. The second-order valence-corrected chi connectivity index (χ2v) is 5.73. The molecule has 0 radical (unpaired) electrons. The van der Waals surface area contributed by atoms with Gasteiger partial charge in [0.2, 0.25) is 0 Å². The molecule has 0 atom stereocenters. The second-order valence-electron chi connectivity index (χ2n) is 5.73. The van der Waals surface area contributed by atoms with Crippen molar-refractivity contribution in [2.45, 2.75) is 39.0 Å². The van der Waals surface area contributed by atoms with Crippen LogP contribution < -0.4 is 10.1 Å². The highest BCUT2D eigenvalue weighted by molar-refractivity contribution is 5.77. The summed E-state index contributed by atoms with van der Waals surface area (Å²) in [6, 6.07) is 9.00. The minimum absolute atomic E-state index is 0.0432. The Bertz CT molecular complexity index is 528. The quantitative estimate of drug-likeness (QED) is 0.874. The Morgan fingerprint density at radius 3 is 2.76 bits per heavy atom. The summed E-state index contributed by atoms with van der Waals surface area (Å²) in [6.45, 7) is 2.88. The van der Waals surface area contributed by atoms with E-state index in [9.17, 15) is 4.79 Å². The number of carbonyl (C=O) groups excluding carboxylic acids is 1. The van der Waals surface area contributed by atoms with Crippen LogP contribution in [0.25, 0.3) is 0 Å². The molecular weight excluding hydrogens is 264 g/mol. The van der Waals surface area contributed by atoms with E-state index in [-0.39, 0.29) is 17.9 Å². The second kappa shape index (κ2) is 7.12. The number of amides is 1. The Labute approximate surface area is 126 Å². The molecule has 1 saturated carbocycles. The van der Waals surface area contributed by atoms with Gasteiger partial charge < -0.3 is 10.1 Å². The third-order valence-corrected chi connectivity index (χ3v) is 4.44. The molecule has 0 spiro atoms. The number of hydrogen-bond donors (Lipinski definition) is 1. The lowest BCUT2D eigenvalue weighted by atomic mass is 9.83. The standard InChI is InChI=1S/C17H22N2O2/c1-2-17(9-5-6-10-17)13-19-16(20)12-21-15-8-4-3-7-14(15)11-18/h3-4,7-8H,2,5-6,9-10,12-13H2,1H3,(H,19,20). The summed E-state index contributed by atoms with van der Waals surface area (Å²) in [6.07, 6.45) is 6.01. The molecule has 4 nitrogen and oxygen atoms in total. The van der Waals surface area contributed by atoms with Gasteiger partial charge in [0.25, 0.3) is 5.91 Å². The predicted molar refractivity (Wildman–Crippen MR) is 80.9 cm³/mol. The van der Waals surface area contributed by atoms with Gasteiger partial charge in [-0.3, -0.25) is 4.79 Å². The van der Waals surface area contributed by atoms with E-state index >= 15 is 0 Å². The lowest BCUT2D eigenvalue weighted by Gasteiger charge is -2.27. The highest BCUT2D eigenvalue weighted by Crippen LogP contribution is 2.40. The summed E-state index contributed by atoms with van der Waals surface area (Å²) in [5, 5.41) is 11.9. The first-order valence-corrected chi connectivity index (χ1v) is 7.58. The van der Waals surface area contributed by atoms with Crippen LogP contribution in [0.2, 0.25) is 0 Å². The van der Waals surface area contributed by atoms with Crippen LogP contribution in [0.4, 0.5) is 0 Å². The van der Waals surface area contributed by atoms with Crippen LogP contribution in [0.1, 0.15) is 44.6 Å². The first-order valence-electron chi connectivity index (χ1n) is 7.58. The van der Waals surface area contributed by atoms with Crippen molar-refractivity contribution in [2.75, 3.05) is 13.2 Å². The highest BCUT2D eigenvalue weighted by Gasteiger charge is 2.32. The molecule has 0 aliphatic heterocycles. The van der Waals surface area contributed by atoms with Gasteiger partial charge in [-0.05, 0) is 36.8 Å². The summed E-state index contributed by atoms with van der Waals surface area (Å²) >= 11 is 0. The van der Waals surface area contributed by atoms with Gasteiger partial charge in [-0.15, -0.1) is 0 Å². The molecule has 0 heterocycles. The van der Waals surface area contributed by atoms with Gasteiger partial charge in [0.1, 0.15) is 11.8 Å². The van der Waals surface area contributed by atoms with Gasteiger partial charge in [-0.1, -0.05) is 31.9 Å². The zero-order chi connectivity index (χ0) is 15.1. The SMILES string of the molecule is CCC1(CNC(=O)COc2ccccc2C#N)CCCC1. The van der Waals surface area contributed by atoms with E-state index in [2.05, 4.69) is 18.3 Å². The summed E-state index contributed by atoms with van der Waals surface area (Å²) in [5.74, 6) is 0.337. The Kier molecular flexibility index (Phi) is 5.21. The van der Waals surface area contributed by atoms with Crippen LogP contribution in [0, 0.1) is 16.7 Å². The number of benzene rings is 1. The van der Waals surface area contributed by atoms with Gasteiger partial charge in [0.15, 0.2) is 6.61 Å². The highest BCUT2D eigenvalue weighted by atomic mass is 16.5. The summed E-state index contributed by atoms with van der Waals surface area (Å²) in [7, 11) is 0. The number of rotatable bonds is 6. The van der Waals surface area contributed by atoms with Crippen molar-refractivity contribution in [2.24, 2.45) is 5.41 Å². The molecule has 1 aromatic carbocycles. The minimum atomic E-state index is -0.123. The van der Waals surface area contributed by atoms with Crippen LogP contribution in [0.5, 0.6) is 5.75 Å². The van der Waals surface area contributed by atoms with Gasteiger partial charge in [0.05, 0.1) is 5.56 Å². The Morgan fingerprint density at radius 2 is 2.10 bits per heavy atom. The number of nitriles is 1. The van der Waals surface area contributed by atoms with Crippen LogP contribution in [-0.4, -0.2) is 19.1 Å². The van der Waals surface area contributed by atoms with E-state index in [0.717, 1.165) is 13.0 Å². The van der Waals surface area contributed by atoms with Crippen molar-refractivity contribution in [3.8, 4) is 11.8 Å². The normalized spacial score (nSPS) is 16.2. The number of carbonyl (C=O) groups is 1. The molecule has 1 amide bonds. The fourth-order valence-electron chi connectivity index (χ4n) is 2.95. The van der Waals surface area contributed by atoms with Crippen molar-refractivity contribution in [3.63, 3.8) is 0 Å². The van der Waals surface area contributed by atoms with Crippen molar-refractivity contribution >= 4 is 5.91 Å². The lowest BCUT2D eigenvalue weighted by Crippen LogP contribution is -2.38. The molecule has 4 heteroatoms. The maximum atomic E-state index is 11.9. The Balaban J connectivity index is 1.81. The number of ether oxygens (including phenoxy) is 1. The summed E-state index contributed by atoms with van der Waals surface area (Å²) < 4.78 is 5.44. The maximum Gasteiger partial charge on any atom is 0.257 e. The van der Waals surface area contributed by atoms with E-state index in [4.69, 9.17) is 10.00 Å². The number of para-hydroxylation sites is 1. The molecule has 0 bridgehead atoms. The molecule has 1 aromatic rings. The summed E-state index contributed by atoms with van der Waals surface area (Å²) in [5.41, 5.74) is 0.728. The zero-order valence-corrected chi connectivity index (χ0v) is 12.5. The smallest absolute Gasteiger partial charge is 0.257 e. The molecule has 2 rings (SSSR count). The van der Waals surface area contributed by atoms with Crippen molar-refractivity contribution < 1.29 is 9.53 Å². The van der Waals surface area contributed by atoms with Crippen LogP contribution in [-0.2, 0) is 4.79 Å². The third-order valence-electron chi connectivity index (χ3n) is 4.44. The van der Waals surface area contributed by atoms with E-state index in [1.165, 1.54) is 25.7 Å². The first kappa shape index (κ1) is 15.4. The average Bonchev–Trinajstić information content (AvgIpc) is 3.00. The van der Waals surface area contributed by atoms with E-state index in [0.29, 0.717) is 11.3 Å². The molecule has 1 aliphatic rings. The third kappa shape index (κ3) is 3.98. The molecule has 1 N–H and O–H groups in total. The molecule has 112 valence electrons. The Hall–Kier alpha value is -2.02. The fraction of sp³-hybridized carbons (Fsp3) is 0.529. The van der Waals surface area contributed by atoms with Crippen LogP contribution in [0.15, 0.2) is 24.3 Å². The zero-order valence-electron chi connectivity index (χ0n) is 12.5. The molecule has 1 fully saturated rings. The Morgan fingerprint density at radius 1 is 1.38 bits per heavy atom. The van der Waals surface area contributed by atoms with E-state index in [1.54, 1.807) is 24.3 Å². The average molecular weight is 286 g/mol. The van der Waals surface area contributed by atoms with E-state index < -0.39 is 0 Å². The molecule has 0 saturated heterocycles. The monoisotopic (exact) mass is 286 g/mol. The number of nitrogens with zero attached hydrogens (tertiary/aromatic N) is 1. The predicted octanol–water partition coefficient (Wildman–Crippen LogP) is 3.02. The maximum absolute atomic E-state index is 11.9. The van der Waals surface area contributed by atoms with Crippen LogP contribution >= 0.6 is 0 Å². The summed E-state index contributed by atoms with van der Waals surface area (Å²) in [4.78, 5) is 11.9. The molecule has 0 unspecified atom stereocenters. The fourth-order valence-corrected chi connectivity index (χ4v) is 2.95. The van der Waals surface area contributed by atoms with Crippen molar-refractivity contribution in [1.82, 2.24) is 5.32 Å². The molecule has 0 aromatic heterocycles. The van der Waals surface area contributed by atoms with E-state index in [1.807, 2.05) is 0 Å². The number of nitrogens with one attached hydrogen (secondary N) is 1. The number of hydrogen-bond acceptors (Lipinski definition) is 3. The molecule has 1 aliphatic carbocycles. The van der Waals surface area contributed by atoms with Gasteiger partial charge >= 0.3 is 0 Å². The van der Waals surface area contributed by atoms with Crippen molar-refractivity contribution in [3.05, 3.63) is 29.8 Å². The van der Waals surface area contributed by atoms with Crippen molar-refractivity contribution in [1.29, 1.82) is 5.26 Å².